The molecular formula is C13H11ClF2N2O2S. The van der Waals surface area contributed by atoms with E-state index in [0.717, 1.165) is 24.4 Å². The zero-order valence-corrected chi connectivity index (χ0v) is 12.3. The molecular weight excluding hydrogens is 322 g/mol. The number of sulfonamides is 1. The number of rotatable bonds is 5. The third-order valence-corrected chi connectivity index (χ3v) is 4.31. The van der Waals surface area contributed by atoms with Crippen LogP contribution in [-0.2, 0) is 16.4 Å². The number of halogens is 3. The lowest BCUT2D eigenvalue weighted by Crippen LogP contribution is -2.26. The van der Waals surface area contributed by atoms with Gasteiger partial charge in [0.1, 0.15) is 21.7 Å². The second-order valence-electron chi connectivity index (χ2n) is 4.24. The highest BCUT2D eigenvalue weighted by Gasteiger charge is 2.13. The summed E-state index contributed by atoms with van der Waals surface area (Å²) >= 11 is 5.58. The molecule has 1 heterocycles. The molecule has 0 atom stereocenters. The Labute approximate surface area is 125 Å². The Kier molecular flexibility index (Phi) is 4.87. The minimum Gasteiger partial charge on any atom is -0.243 e. The van der Waals surface area contributed by atoms with Crippen LogP contribution in [-0.4, -0.2) is 19.9 Å². The monoisotopic (exact) mass is 332 g/mol. The summed E-state index contributed by atoms with van der Waals surface area (Å²) in [6.07, 6.45) is 1.29. The molecule has 0 aliphatic carbocycles. The standard InChI is InChI=1S/C13H11ClF2N2O2S/c14-13-2-1-12(8-17-13)21(19,20)18-4-3-9-5-10(15)7-11(16)6-9/h1-2,5-8,18H,3-4H2. The number of pyridine rings is 1. The molecule has 0 aliphatic heterocycles. The largest absolute Gasteiger partial charge is 0.243 e. The number of benzene rings is 1. The van der Waals surface area contributed by atoms with E-state index in [9.17, 15) is 17.2 Å². The fraction of sp³-hybridized carbons (Fsp3) is 0.154. The maximum atomic E-state index is 13.0. The molecule has 1 N–H and O–H groups in total. The van der Waals surface area contributed by atoms with Gasteiger partial charge in [-0.3, -0.25) is 0 Å². The van der Waals surface area contributed by atoms with Crippen molar-refractivity contribution in [1.82, 2.24) is 9.71 Å². The number of aromatic nitrogens is 1. The molecule has 0 amide bonds. The summed E-state index contributed by atoms with van der Waals surface area (Å²) in [4.78, 5) is 3.65. The molecule has 0 bridgehead atoms. The van der Waals surface area contributed by atoms with Crippen molar-refractivity contribution in [3.63, 3.8) is 0 Å². The Morgan fingerprint density at radius 1 is 1.14 bits per heavy atom. The maximum Gasteiger partial charge on any atom is 0.242 e. The third-order valence-electron chi connectivity index (χ3n) is 2.64. The molecule has 2 aromatic rings. The molecule has 0 spiro atoms. The second-order valence-corrected chi connectivity index (χ2v) is 6.40. The smallest absolute Gasteiger partial charge is 0.242 e. The fourth-order valence-corrected chi connectivity index (χ4v) is 2.78. The lowest BCUT2D eigenvalue weighted by atomic mass is 10.1. The van der Waals surface area contributed by atoms with E-state index in [1.54, 1.807) is 0 Å². The van der Waals surface area contributed by atoms with Gasteiger partial charge in [0.05, 0.1) is 0 Å². The van der Waals surface area contributed by atoms with E-state index >= 15 is 0 Å². The minimum atomic E-state index is -3.73. The quantitative estimate of drug-likeness (QED) is 0.856. The van der Waals surface area contributed by atoms with Gasteiger partial charge in [-0.05, 0) is 36.2 Å². The molecule has 0 fully saturated rings. The van der Waals surface area contributed by atoms with Gasteiger partial charge in [0.2, 0.25) is 10.0 Å². The van der Waals surface area contributed by atoms with Gasteiger partial charge < -0.3 is 0 Å². The Morgan fingerprint density at radius 3 is 2.38 bits per heavy atom. The van der Waals surface area contributed by atoms with Crippen molar-refractivity contribution in [1.29, 1.82) is 0 Å². The molecule has 21 heavy (non-hydrogen) atoms. The first-order valence-electron chi connectivity index (χ1n) is 5.93. The van der Waals surface area contributed by atoms with Crippen LogP contribution in [0.25, 0.3) is 0 Å². The predicted molar refractivity (Wildman–Crippen MR) is 74.5 cm³/mol. The molecule has 1 aromatic carbocycles. The number of nitrogens with one attached hydrogen (secondary N) is 1. The average Bonchev–Trinajstić information content (AvgIpc) is 2.37. The van der Waals surface area contributed by atoms with Crippen molar-refractivity contribution >= 4 is 21.6 Å². The Morgan fingerprint density at radius 2 is 1.81 bits per heavy atom. The molecule has 1 aromatic heterocycles. The molecule has 0 aliphatic rings. The van der Waals surface area contributed by atoms with Crippen LogP contribution in [0.4, 0.5) is 8.78 Å². The van der Waals surface area contributed by atoms with E-state index < -0.39 is 21.7 Å². The van der Waals surface area contributed by atoms with Crippen LogP contribution in [0.3, 0.4) is 0 Å². The summed E-state index contributed by atoms with van der Waals surface area (Å²) in [6.45, 7) is 0.00779. The van der Waals surface area contributed by atoms with Crippen LogP contribution in [0.15, 0.2) is 41.4 Å². The Balaban J connectivity index is 2.00. The van der Waals surface area contributed by atoms with Gasteiger partial charge >= 0.3 is 0 Å². The van der Waals surface area contributed by atoms with Gasteiger partial charge in [-0.15, -0.1) is 0 Å². The third kappa shape index (κ3) is 4.45. The number of hydrogen-bond donors (Lipinski definition) is 1. The maximum absolute atomic E-state index is 13.0. The van der Waals surface area contributed by atoms with Gasteiger partial charge in [-0.2, -0.15) is 0 Å². The van der Waals surface area contributed by atoms with E-state index in [2.05, 4.69) is 9.71 Å². The van der Waals surface area contributed by atoms with Gasteiger partial charge in [-0.1, -0.05) is 11.6 Å². The zero-order valence-electron chi connectivity index (χ0n) is 10.7. The summed E-state index contributed by atoms with van der Waals surface area (Å²) in [5, 5.41) is 0.184. The van der Waals surface area contributed by atoms with Crippen LogP contribution >= 0.6 is 11.6 Å². The van der Waals surface area contributed by atoms with Crippen LogP contribution in [0, 0.1) is 11.6 Å². The first-order chi connectivity index (χ1) is 9.87. The summed E-state index contributed by atoms with van der Waals surface area (Å²) in [6, 6.07) is 5.74. The van der Waals surface area contributed by atoms with Gasteiger partial charge in [0.15, 0.2) is 0 Å². The molecule has 0 radical (unpaired) electrons. The highest BCUT2D eigenvalue weighted by atomic mass is 35.5. The molecule has 4 nitrogen and oxygen atoms in total. The van der Waals surface area contributed by atoms with Crippen molar-refractivity contribution < 1.29 is 17.2 Å². The highest BCUT2D eigenvalue weighted by molar-refractivity contribution is 7.89. The van der Waals surface area contributed by atoms with Crippen molar-refractivity contribution in [2.45, 2.75) is 11.3 Å². The zero-order chi connectivity index (χ0) is 15.5. The Bertz CT molecular complexity index is 716. The first-order valence-corrected chi connectivity index (χ1v) is 7.79. The number of hydrogen-bond acceptors (Lipinski definition) is 3. The Hall–Kier alpha value is -1.57. The van der Waals surface area contributed by atoms with Gasteiger partial charge in [0, 0.05) is 18.8 Å². The normalized spacial score (nSPS) is 11.6. The van der Waals surface area contributed by atoms with Gasteiger partial charge in [-0.25, -0.2) is 26.9 Å². The van der Waals surface area contributed by atoms with E-state index in [-0.39, 0.29) is 23.0 Å². The van der Waals surface area contributed by atoms with Crippen LogP contribution < -0.4 is 4.72 Å². The topological polar surface area (TPSA) is 59.1 Å². The average molecular weight is 333 g/mol. The van der Waals surface area contributed by atoms with Crippen LogP contribution in [0.2, 0.25) is 5.15 Å². The van der Waals surface area contributed by atoms with Crippen molar-refractivity contribution in [3.05, 3.63) is 58.9 Å². The van der Waals surface area contributed by atoms with Crippen molar-refractivity contribution in [2.75, 3.05) is 6.54 Å². The lowest BCUT2D eigenvalue weighted by Gasteiger charge is -2.07. The summed E-state index contributed by atoms with van der Waals surface area (Å²) in [5.41, 5.74) is 0.365. The molecule has 0 saturated carbocycles. The van der Waals surface area contributed by atoms with E-state index in [0.29, 0.717) is 5.56 Å². The molecule has 8 heteroatoms. The lowest BCUT2D eigenvalue weighted by molar-refractivity contribution is 0.576. The van der Waals surface area contributed by atoms with Crippen LogP contribution in [0.5, 0.6) is 0 Å². The SMILES string of the molecule is O=S(=O)(NCCc1cc(F)cc(F)c1)c1ccc(Cl)nc1. The van der Waals surface area contributed by atoms with Crippen LogP contribution in [0.1, 0.15) is 5.56 Å². The molecule has 0 saturated heterocycles. The minimum absolute atomic E-state index is 0.00779. The second kappa shape index (κ2) is 6.46. The summed E-state index contributed by atoms with van der Waals surface area (Å²) in [5.74, 6) is -1.40. The summed E-state index contributed by atoms with van der Waals surface area (Å²) in [7, 11) is -3.73. The van der Waals surface area contributed by atoms with Gasteiger partial charge in [0.25, 0.3) is 0 Å². The predicted octanol–water partition coefficient (Wildman–Crippen LogP) is 2.53. The molecule has 2 rings (SSSR count). The van der Waals surface area contributed by atoms with E-state index in [1.807, 2.05) is 0 Å². The first kappa shape index (κ1) is 15.8. The molecule has 112 valence electrons. The molecule has 0 unspecified atom stereocenters. The van der Waals surface area contributed by atoms with Crippen molar-refractivity contribution in [2.24, 2.45) is 0 Å². The van der Waals surface area contributed by atoms with Crippen molar-refractivity contribution in [3.8, 4) is 0 Å². The fourth-order valence-electron chi connectivity index (χ4n) is 1.69. The van der Waals surface area contributed by atoms with E-state index in [4.69, 9.17) is 11.6 Å². The highest BCUT2D eigenvalue weighted by Crippen LogP contribution is 2.11. The summed E-state index contributed by atoms with van der Waals surface area (Å²) < 4.78 is 52.2. The van der Waals surface area contributed by atoms with E-state index in [1.165, 1.54) is 12.1 Å². The number of nitrogens with zero attached hydrogens (tertiary/aromatic N) is 1.